The Morgan fingerprint density at radius 3 is 2.60 bits per heavy atom. The first-order chi connectivity index (χ1) is 16.9. The number of fused-ring (bicyclic) bond motifs is 1. The molecule has 0 unspecified atom stereocenters. The van der Waals surface area contributed by atoms with E-state index in [0.29, 0.717) is 42.9 Å². The Kier molecular flexibility index (Phi) is 5.71. The standard InChI is InChI=1S/C26H18F2N4O3/c27-20-6-5-19-21(35-26(34)23(19)24(20)28)13-16-2-1-3-18(12-16)25(33)32-10-8-31(9-11-32)22-7-4-17(14-29)15-30-22/h1-7,12-13,15H,8-11H2/b21-13-. The van der Waals surface area contributed by atoms with Crippen molar-refractivity contribution >= 4 is 29.5 Å². The van der Waals surface area contributed by atoms with E-state index in [1.54, 1.807) is 41.3 Å². The fourth-order valence-electron chi connectivity index (χ4n) is 4.14. The molecule has 1 fully saturated rings. The molecule has 0 spiro atoms. The van der Waals surface area contributed by atoms with Crippen molar-refractivity contribution in [3.05, 3.63) is 94.2 Å². The number of carbonyl (C=O) groups is 2. The summed E-state index contributed by atoms with van der Waals surface area (Å²) in [5.41, 5.74) is 1.26. The quantitative estimate of drug-likeness (QED) is 0.538. The molecule has 2 aliphatic heterocycles. The summed E-state index contributed by atoms with van der Waals surface area (Å²) in [6.07, 6.45) is 3.05. The first-order valence-corrected chi connectivity index (χ1v) is 10.9. The fraction of sp³-hybridized carbons (Fsp3) is 0.154. The molecule has 0 saturated carbocycles. The van der Waals surface area contributed by atoms with Crippen LogP contribution in [0.3, 0.4) is 0 Å². The largest absolute Gasteiger partial charge is 0.422 e. The highest BCUT2D eigenvalue weighted by molar-refractivity contribution is 6.06. The second-order valence-electron chi connectivity index (χ2n) is 8.10. The summed E-state index contributed by atoms with van der Waals surface area (Å²) in [5.74, 6) is -2.61. The molecule has 2 aromatic carbocycles. The number of halogens is 2. The van der Waals surface area contributed by atoms with E-state index in [0.717, 1.165) is 11.9 Å². The zero-order valence-electron chi connectivity index (χ0n) is 18.4. The predicted octanol–water partition coefficient (Wildman–Crippen LogP) is 3.86. The predicted molar refractivity (Wildman–Crippen MR) is 123 cm³/mol. The van der Waals surface area contributed by atoms with E-state index in [2.05, 4.69) is 9.88 Å². The molecule has 0 aliphatic carbocycles. The normalized spacial score (nSPS) is 16.1. The third kappa shape index (κ3) is 4.22. The number of hydrogen-bond donors (Lipinski definition) is 0. The van der Waals surface area contributed by atoms with Crippen LogP contribution in [0.5, 0.6) is 0 Å². The van der Waals surface area contributed by atoms with Crippen LogP contribution < -0.4 is 4.90 Å². The Labute approximate surface area is 199 Å². The lowest BCUT2D eigenvalue weighted by Gasteiger charge is -2.35. The highest BCUT2D eigenvalue weighted by Crippen LogP contribution is 2.34. The number of hydrogen-bond acceptors (Lipinski definition) is 6. The molecule has 0 atom stereocenters. The minimum Gasteiger partial charge on any atom is -0.422 e. The van der Waals surface area contributed by atoms with Crippen molar-refractivity contribution in [3.63, 3.8) is 0 Å². The Balaban J connectivity index is 1.30. The van der Waals surface area contributed by atoms with Gasteiger partial charge in [-0.05, 0) is 48.0 Å². The maximum Gasteiger partial charge on any atom is 0.347 e. The maximum atomic E-state index is 14.0. The van der Waals surface area contributed by atoms with Crippen molar-refractivity contribution < 1.29 is 23.1 Å². The number of anilines is 1. The topological polar surface area (TPSA) is 86.5 Å². The summed E-state index contributed by atoms with van der Waals surface area (Å²) < 4.78 is 32.7. The zero-order valence-corrected chi connectivity index (χ0v) is 18.4. The van der Waals surface area contributed by atoms with E-state index < -0.39 is 23.2 Å². The average Bonchev–Trinajstić information content (AvgIpc) is 3.21. The zero-order chi connectivity index (χ0) is 24.5. The number of pyridine rings is 1. The van der Waals surface area contributed by atoms with Gasteiger partial charge in [0.05, 0.1) is 5.56 Å². The summed E-state index contributed by atoms with van der Waals surface area (Å²) >= 11 is 0. The van der Waals surface area contributed by atoms with Crippen LogP contribution in [0, 0.1) is 23.0 Å². The van der Waals surface area contributed by atoms with Crippen LogP contribution >= 0.6 is 0 Å². The Morgan fingerprint density at radius 2 is 1.89 bits per heavy atom. The maximum absolute atomic E-state index is 14.0. The van der Waals surface area contributed by atoms with E-state index in [4.69, 9.17) is 10.00 Å². The van der Waals surface area contributed by atoms with Gasteiger partial charge in [0.25, 0.3) is 5.91 Å². The third-order valence-corrected chi connectivity index (χ3v) is 5.97. The van der Waals surface area contributed by atoms with Gasteiger partial charge in [-0.1, -0.05) is 12.1 Å². The molecule has 2 aliphatic rings. The first kappa shape index (κ1) is 22.2. The molecule has 1 saturated heterocycles. The summed E-state index contributed by atoms with van der Waals surface area (Å²) in [4.78, 5) is 33.2. The molecule has 35 heavy (non-hydrogen) atoms. The average molecular weight is 472 g/mol. The van der Waals surface area contributed by atoms with E-state index in [1.165, 1.54) is 18.3 Å². The number of amides is 1. The number of aromatic nitrogens is 1. The number of nitriles is 1. The van der Waals surface area contributed by atoms with Gasteiger partial charge in [0, 0.05) is 43.5 Å². The third-order valence-electron chi connectivity index (χ3n) is 5.97. The number of piperazine rings is 1. The number of nitrogens with zero attached hydrogens (tertiary/aromatic N) is 4. The second-order valence-corrected chi connectivity index (χ2v) is 8.10. The van der Waals surface area contributed by atoms with Gasteiger partial charge in [-0.15, -0.1) is 0 Å². The van der Waals surface area contributed by atoms with Gasteiger partial charge in [0.1, 0.15) is 23.2 Å². The van der Waals surface area contributed by atoms with Gasteiger partial charge in [0.15, 0.2) is 11.6 Å². The molecule has 0 bridgehead atoms. The minimum absolute atomic E-state index is 0.0945. The molecule has 174 valence electrons. The van der Waals surface area contributed by atoms with Crippen molar-refractivity contribution in [1.82, 2.24) is 9.88 Å². The van der Waals surface area contributed by atoms with Crippen molar-refractivity contribution in [1.29, 1.82) is 5.26 Å². The van der Waals surface area contributed by atoms with Crippen LogP contribution in [0.2, 0.25) is 0 Å². The monoisotopic (exact) mass is 472 g/mol. The Bertz CT molecular complexity index is 1410. The number of esters is 1. The molecular formula is C26H18F2N4O3. The fourth-order valence-corrected chi connectivity index (χ4v) is 4.14. The van der Waals surface area contributed by atoms with Gasteiger partial charge in [-0.2, -0.15) is 5.26 Å². The highest BCUT2D eigenvalue weighted by Gasteiger charge is 2.32. The van der Waals surface area contributed by atoms with Crippen LogP contribution in [-0.2, 0) is 4.74 Å². The van der Waals surface area contributed by atoms with Crippen molar-refractivity contribution in [3.8, 4) is 6.07 Å². The molecule has 1 aromatic heterocycles. The highest BCUT2D eigenvalue weighted by atomic mass is 19.2. The SMILES string of the molecule is N#Cc1ccc(N2CCN(C(=O)c3cccc(/C=C4\OC(=O)c5c4ccc(F)c5F)c3)CC2)nc1. The van der Waals surface area contributed by atoms with Crippen LogP contribution in [0.1, 0.15) is 37.4 Å². The number of carbonyl (C=O) groups excluding carboxylic acids is 2. The van der Waals surface area contributed by atoms with Crippen LogP contribution in [-0.4, -0.2) is 47.9 Å². The van der Waals surface area contributed by atoms with E-state index >= 15 is 0 Å². The van der Waals surface area contributed by atoms with Crippen LogP contribution in [0.25, 0.3) is 11.8 Å². The lowest BCUT2D eigenvalue weighted by Crippen LogP contribution is -2.49. The summed E-state index contributed by atoms with van der Waals surface area (Å²) in [6, 6.07) is 14.6. The minimum atomic E-state index is -1.24. The molecule has 9 heteroatoms. The molecule has 5 rings (SSSR count). The lowest BCUT2D eigenvalue weighted by molar-refractivity contribution is 0.0710. The number of benzene rings is 2. The van der Waals surface area contributed by atoms with Crippen LogP contribution in [0.15, 0.2) is 54.7 Å². The van der Waals surface area contributed by atoms with Crippen molar-refractivity contribution in [2.24, 2.45) is 0 Å². The van der Waals surface area contributed by atoms with Crippen molar-refractivity contribution in [2.45, 2.75) is 0 Å². The van der Waals surface area contributed by atoms with Crippen molar-refractivity contribution in [2.75, 3.05) is 31.1 Å². The Morgan fingerprint density at radius 1 is 1.09 bits per heavy atom. The molecule has 1 amide bonds. The van der Waals surface area contributed by atoms with Gasteiger partial charge >= 0.3 is 5.97 Å². The van der Waals surface area contributed by atoms with E-state index in [9.17, 15) is 18.4 Å². The summed E-state index contributed by atoms with van der Waals surface area (Å²) in [6.45, 7) is 2.20. The smallest absolute Gasteiger partial charge is 0.347 e. The van der Waals surface area contributed by atoms with E-state index in [-0.39, 0.29) is 17.2 Å². The molecule has 0 radical (unpaired) electrons. The molecule has 3 heterocycles. The van der Waals surface area contributed by atoms with Crippen LogP contribution in [0.4, 0.5) is 14.6 Å². The number of cyclic esters (lactones) is 1. The Hall–Kier alpha value is -4.58. The van der Waals surface area contributed by atoms with Gasteiger partial charge in [0.2, 0.25) is 0 Å². The van der Waals surface area contributed by atoms with Gasteiger partial charge in [-0.25, -0.2) is 18.6 Å². The molecule has 0 N–H and O–H groups in total. The van der Waals surface area contributed by atoms with Gasteiger partial charge in [-0.3, -0.25) is 4.79 Å². The summed E-state index contributed by atoms with van der Waals surface area (Å²) in [5, 5.41) is 8.92. The second kappa shape index (κ2) is 8.99. The number of ether oxygens (including phenoxy) is 1. The lowest BCUT2D eigenvalue weighted by atomic mass is 10.0. The molecule has 7 nitrogen and oxygen atoms in total. The van der Waals surface area contributed by atoms with E-state index in [1.807, 2.05) is 6.07 Å². The first-order valence-electron chi connectivity index (χ1n) is 10.9. The summed E-state index contributed by atoms with van der Waals surface area (Å²) in [7, 11) is 0. The molecule has 3 aromatic rings. The van der Waals surface area contributed by atoms with Gasteiger partial charge < -0.3 is 14.5 Å². The molecular weight excluding hydrogens is 454 g/mol. The number of rotatable bonds is 3.